The number of carbonyl (C=O) groups excluding carboxylic acids is 1. The molecule has 4 nitrogen and oxygen atoms in total. The molecule has 0 saturated carbocycles. The number of morpholine rings is 1. The summed E-state index contributed by atoms with van der Waals surface area (Å²) in [5.41, 5.74) is 2.35. The Bertz CT molecular complexity index is 634. The molecule has 1 aliphatic rings. The largest absolute Gasteiger partial charge is 0.378 e. The standard InChI is InChI=1S/C17H18N2O2/c1-13-11-15(16(20)14-5-3-2-4-6-14)12-18-17(13)19-7-9-21-10-8-19/h2-6,11-12H,7-10H2,1H3. The third kappa shape index (κ3) is 2.95. The van der Waals surface area contributed by atoms with Gasteiger partial charge in [0.2, 0.25) is 0 Å². The van der Waals surface area contributed by atoms with Crippen LogP contribution in [0.4, 0.5) is 5.82 Å². The molecule has 0 N–H and O–H groups in total. The second-order valence-electron chi connectivity index (χ2n) is 5.16. The lowest BCUT2D eigenvalue weighted by molar-refractivity contribution is 0.103. The molecule has 21 heavy (non-hydrogen) atoms. The number of ketones is 1. The maximum atomic E-state index is 12.4. The number of aryl methyl sites for hydroxylation is 1. The zero-order valence-electron chi connectivity index (χ0n) is 12.1. The summed E-state index contributed by atoms with van der Waals surface area (Å²) in [7, 11) is 0. The lowest BCUT2D eigenvalue weighted by Crippen LogP contribution is -2.37. The minimum Gasteiger partial charge on any atom is -0.378 e. The first kappa shape index (κ1) is 13.8. The van der Waals surface area contributed by atoms with Gasteiger partial charge in [-0.3, -0.25) is 4.79 Å². The summed E-state index contributed by atoms with van der Waals surface area (Å²) < 4.78 is 5.36. The third-order valence-corrected chi connectivity index (χ3v) is 3.66. The highest BCUT2D eigenvalue weighted by Crippen LogP contribution is 2.20. The number of benzene rings is 1. The molecule has 1 aromatic heterocycles. The van der Waals surface area contributed by atoms with Crippen molar-refractivity contribution >= 4 is 11.6 Å². The zero-order valence-corrected chi connectivity index (χ0v) is 12.1. The number of hydrogen-bond acceptors (Lipinski definition) is 4. The second kappa shape index (κ2) is 6.06. The second-order valence-corrected chi connectivity index (χ2v) is 5.16. The molecule has 1 fully saturated rings. The third-order valence-electron chi connectivity index (χ3n) is 3.66. The molecule has 0 radical (unpaired) electrons. The van der Waals surface area contributed by atoms with E-state index in [4.69, 9.17) is 4.74 Å². The van der Waals surface area contributed by atoms with E-state index in [2.05, 4.69) is 9.88 Å². The summed E-state index contributed by atoms with van der Waals surface area (Å²) >= 11 is 0. The van der Waals surface area contributed by atoms with Gasteiger partial charge in [0, 0.05) is 30.4 Å². The molecule has 2 heterocycles. The van der Waals surface area contributed by atoms with Gasteiger partial charge in [0.25, 0.3) is 0 Å². The van der Waals surface area contributed by atoms with Crippen molar-refractivity contribution in [2.24, 2.45) is 0 Å². The normalized spacial score (nSPS) is 15.0. The lowest BCUT2D eigenvalue weighted by atomic mass is 10.0. The molecular formula is C17H18N2O2. The van der Waals surface area contributed by atoms with Crippen molar-refractivity contribution in [1.82, 2.24) is 4.98 Å². The van der Waals surface area contributed by atoms with Crippen LogP contribution < -0.4 is 4.90 Å². The Kier molecular flexibility index (Phi) is 3.97. The van der Waals surface area contributed by atoms with Crippen molar-refractivity contribution in [2.75, 3.05) is 31.2 Å². The van der Waals surface area contributed by atoms with Crippen LogP contribution in [0.3, 0.4) is 0 Å². The van der Waals surface area contributed by atoms with E-state index in [9.17, 15) is 4.79 Å². The van der Waals surface area contributed by atoms with Crippen LogP contribution in [0.25, 0.3) is 0 Å². The van der Waals surface area contributed by atoms with E-state index in [1.54, 1.807) is 6.20 Å². The van der Waals surface area contributed by atoms with E-state index in [1.165, 1.54) is 0 Å². The molecule has 1 aromatic carbocycles. The Balaban J connectivity index is 1.85. The fourth-order valence-electron chi connectivity index (χ4n) is 2.55. The maximum absolute atomic E-state index is 12.4. The first-order valence-corrected chi connectivity index (χ1v) is 7.15. The van der Waals surface area contributed by atoms with E-state index >= 15 is 0 Å². The number of hydrogen-bond donors (Lipinski definition) is 0. The fraction of sp³-hybridized carbons (Fsp3) is 0.294. The minimum absolute atomic E-state index is 0.0136. The Hall–Kier alpha value is -2.20. The maximum Gasteiger partial charge on any atom is 0.194 e. The number of aromatic nitrogens is 1. The molecule has 1 saturated heterocycles. The van der Waals surface area contributed by atoms with Crippen molar-refractivity contribution in [3.05, 3.63) is 59.3 Å². The first-order valence-electron chi connectivity index (χ1n) is 7.15. The van der Waals surface area contributed by atoms with Gasteiger partial charge in [-0.05, 0) is 18.6 Å². The van der Waals surface area contributed by atoms with Gasteiger partial charge in [0.15, 0.2) is 5.78 Å². The van der Waals surface area contributed by atoms with Crippen LogP contribution in [0.15, 0.2) is 42.6 Å². The molecular weight excluding hydrogens is 264 g/mol. The molecule has 0 aliphatic carbocycles. The van der Waals surface area contributed by atoms with E-state index in [0.29, 0.717) is 11.1 Å². The van der Waals surface area contributed by atoms with Crippen LogP contribution in [0, 0.1) is 6.92 Å². The SMILES string of the molecule is Cc1cc(C(=O)c2ccccc2)cnc1N1CCOCC1. The quantitative estimate of drug-likeness (QED) is 0.811. The van der Waals surface area contributed by atoms with E-state index in [1.807, 2.05) is 43.3 Å². The predicted octanol–water partition coefficient (Wildman–Crippen LogP) is 2.46. The Morgan fingerprint density at radius 3 is 2.52 bits per heavy atom. The molecule has 0 atom stereocenters. The topological polar surface area (TPSA) is 42.4 Å². The lowest BCUT2D eigenvalue weighted by Gasteiger charge is -2.29. The number of rotatable bonds is 3. The summed E-state index contributed by atoms with van der Waals surface area (Å²) in [5.74, 6) is 0.961. The van der Waals surface area contributed by atoms with Gasteiger partial charge in [-0.15, -0.1) is 0 Å². The van der Waals surface area contributed by atoms with Crippen molar-refractivity contribution in [1.29, 1.82) is 0 Å². The molecule has 2 aromatic rings. The Morgan fingerprint density at radius 2 is 1.86 bits per heavy atom. The summed E-state index contributed by atoms with van der Waals surface area (Å²) in [6.45, 7) is 5.15. The molecule has 108 valence electrons. The van der Waals surface area contributed by atoms with E-state index in [0.717, 1.165) is 37.7 Å². The van der Waals surface area contributed by atoms with Crippen molar-refractivity contribution in [3.63, 3.8) is 0 Å². The number of nitrogens with zero attached hydrogens (tertiary/aromatic N) is 2. The summed E-state index contributed by atoms with van der Waals surface area (Å²) in [4.78, 5) is 19.1. The highest BCUT2D eigenvalue weighted by atomic mass is 16.5. The van der Waals surface area contributed by atoms with E-state index < -0.39 is 0 Å². The molecule has 0 spiro atoms. The molecule has 3 rings (SSSR count). The van der Waals surface area contributed by atoms with Crippen LogP contribution in [-0.4, -0.2) is 37.1 Å². The van der Waals surface area contributed by atoms with Gasteiger partial charge in [0.05, 0.1) is 13.2 Å². The van der Waals surface area contributed by atoms with Gasteiger partial charge >= 0.3 is 0 Å². The van der Waals surface area contributed by atoms with E-state index in [-0.39, 0.29) is 5.78 Å². The van der Waals surface area contributed by atoms with Gasteiger partial charge in [-0.25, -0.2) is 4.98 Å². The Morgan fingerprint density at radius 1 is 1.14 bits per heavy atom. The van der Waals surface area contributed by atoms with Crippen LogP contribution in [0.1, 0.15) is 21.5 Å². The van der Waals surface area contributed by atoms with Crippen LogP contribution in [-0.2, 0) is 4.74 Å². The molecule has 0 amide bonds. The van der Waals surface area contributed by atoms with Gasteiger partial charge in [-0.1, -0.05) is 30.3 Å². The zero-order chi connectivity index (χ0) is 14.7. The van der Waals surface area contributed by atoms with Crippen molar-refractivity contribution in [2.45, 2.75) is 6.92 Å². The molecule has 4 heteroatoms. The minimum atomic E-state index is 0.0136. The highest BCUT2D eigenvalue weighted by molar-refractivity contribution is 6.09. The summed E-state index contributed by atoms with van der Waals surface area (Å²) in [6, 6.07) is 11.2. The van der Waals surface area contributed by atoms with Gasteiger partial charge < -0.3 is 9.64 Å². The monoisotopic (exact) mass is 282 g/mol. The van der Waals surface area contributed by atoms with Gasteiger partial charge in [0.1, 0.15) is 5.82 Å². The fourth-order valence-corrected chi connectivity index (χ4v) is 2.55. The van der Waals surface area contributed by atoms with Crippen LogP contribution in [0.5, 0.6) is 0 Å². The Labute approximate surface area is 124 Å². The van der Waals surface area contributed by atoms with Crippen LogP contribution >= 0.6 is 0 Å². The summed E-state index contributed by atoms with van der Waals surface area (Å²) in [6.07, 6.45) is 1.67. The number of ether oxygens (including phenoxy) is 1. The van der Waals surface area contributed by atoms with Crippen LogP contribution in [0.2, 0.25) is 0 Å². The van der Waals surface area contributed by atoms with Crippen molar-refractivity contribution < 1.29 is 9.53 Å². The number of anilines is 1. The number of carbonyl (C=O) groups is 1. The highest BCUT2D eigenvalue weighted by Gasteiger charge is 2.16. The molecule has 0 unspecified atom stereocenters. The first-order chi connectivity index (χ1) is 10.3. The molecule has 1 aliphatic heterocycles. The average Bonchev–Trinajstić information content (AvgIpc) is 2.55. The average molecular weight is 282 g/mol. The smallest absolute Gasteiger partial charge is 0.194 e. The molecule has 0 bridgehead atoms. The number of pyridine rings is 1. The summed E-state index contributed by atoms with van der Waals surface area (Å²) in [5, 5.41) is 0. The van der Waals surface area contributed by atoms with Crippen molar-refractivity contribution in [3.8, 4) is 0 Å². The predicted molar refractivity (Wildman–Crippen MR) is 81.9 cm³/mol. The van der Waals surface area contributed by atoms with Gasteiger partial charge in [-0.2, -0.15) is 0 Å².